The number of nitrogens with zero attached hydrogens (tertiary/aromatic N) is 3. The van der Waals surface area contributed by atoms with Crippen molar-refractivity contribution in [1.82, 2.24) is 15.0 Å². The van der Waals surface area contributed by atoms with Crippen molar-refractivity contribution in [3.63, 3.8) is 0 Å². The number of rotatable bonds is 4. The average molecular weight is 304 g/mol. The van der Waals surface area contributed by atoms with E-state index in [1.807, 2.05) is 0 Å². The van der Waals surface area contributed by atoms with Crippen molar-refractivity contribution >= 4 is 28.5 Å². The minimum atomic E-state index is 0.407. The topological polar surface area (TPSA) is 96.3 Å². The summed E-state index contributed by atoms with van der Waals surface area (Å²) in [6.45, 7) is 0. The van der Waals surface area contributed by atoms with Crippen molar-refractivity contribution in [2.24, 2.45) is 0 Å². The van der Waals surface area contributed by atoms with E-state index in [2.05, 4.69) is 15.0 Å². The van der Waals surface area contributed by atoms with Crippen molar-refractivity contribution in [2.45, 2.75) is 10.4 Å². The number of hydrogen-bond acceptors (Lipinski definition) is 8. The maximum Gasteiger partial charge on any atom is 0.264 e. The van der Waals surface area contributed by atoms with E-state index < -0.39 is 0 Å². The van der Waals surface area contributed by atoms with E-state index in [0.717, 1.165) is 0 Å². The number of oxazole rings is 1. The normalized spacial score (nSPS) is 10.8. The van der Waals surface area contributed by atoms with Crippen molar-refractivity contribution in [1.29, 1.82) is 0 Å². The van der Waals surface area contributed by atoms with Crippen molar-refractivity contribution < 1.29 is 13.9 Å². The first-order chi connectivity index (χ1) is 10.2. The molecule has 0 spiro atoms. The molecule has 2 heterocycles. The summed E-state index contributed by atoms with van der Waals surface area (Å²) in [7, 11) is 3.05. The lowest BCUT2D eigenvalue weighted by Crippen LogP contribution is -1.95. The largest absolute Gasteiger partial charge is 0.481 e. The summed E-state index contributed by atoms with van der Waals surface area (Å²) in [4.78, 5) is 12.8. The number of anilines is 1. The Morgan fingerprint density at radius 1 is 1.05 bits per heavy atom. The highest BCUT2D eigenvalue weighted by Crippen LogP contribution is 2.30. The lowest BCUT2D eigenvalue weighted by atomic mass is 10.3. The Morgan fingerprint density at radius 3 is 2.43 bits per heavy atom. The molecule has 8 heteroatoms. The second-order valence-corrected chi connectivity index (χ2v) is 4.96. The zero-order valence-corrected chi connectivity index (χ0v) is 12.2. The van der Waals surface area contributed by atoms with Crippen LogP contribution in [0.3, 0.4) is 0 Å². The predicted molar refractivity (Wildman–Crippen MR) is 77.7 cm³/mol. The van der Waals surface area contributed by atoms with Gasteiger partial charge in [0, 0.05) is 17.4 Å². The van der Waals surface area contributed by atoms with Crippen LogP contribution in [-0.4, -0.2) is 29.2 Å². The van der Waals surface area contributed by atoms with Gasteiger partial charge < -0.3 is 19.6 Å². The van der Waals surface area contributed by atoms with E-state index in [9.17, 15) is 0 Å². The maximum absolute atomic E-state index is 5.72. The third-order valence-electron chi connectivity index (χ3n) is 2.65. The SMILES string of the molecule is COc1cc(OC)nc(Sc2nc3cc(N)ccc3o2)n1. The molecule has 0 unspecified atom stereocenters. The first kappa shape index (κ1) is 13.5. The number of nitrogens with two attached hydrogens (primary N) is 1. The molecule has 108 valence electrons. The Bertz CT molecular complexity index is 768. The fourth-order valence-corrected chi connectivity index (χ4v) is 2.39. The second-order valence-electron chi connectivity index (χ2n) is 4.04. The van der Waals surface area contributed by atoms with E-state index in [1.165, 1.54) is 26.0 Å². The summed E-state index contributed by atoms with van der Waals surface area (Å²) in [5, 5.41) is 0.844. The smallest absolute Gasteiger partial charge is 0.264 e. The molecule has 2 aromatic heterocycles. The lowest BCUT2D eigenvalue weighted by molar-refractivity contribution is 0.364. The van der Waals surface area contributed by atoms with E-state index in [4.69, 9.17) is 19.6 Å². The molecule has 7 nitrogen and oxygen atoms in total. The molecule has 0 aliphatic carbocycles. The quantitative estimate of drug-likeness (QED) is 0.579. The first-order valence-corrected chi connectivity index (χ1v) is 6.80. The summed E-state index contributed by atoms with van der Waals surface area (Å²) < 4.78 is 15.8. The van der Waals surface area contributed by atoms with Crippen LogP contribution in [0.5, 0.6) is 11.8 Å². The van der Waals surface area contributed by atoms with Crippen molar-refractivity contribution in [2.75, 3.05) is 20.0 Å². The van der Waals surface area contributed by atoms with Gasteiger partial charge in [-0.2, -0.15) is 9.97 Å². The van der Waals surface area contributed by atoms with Gasteiger partial charge in [0.25, 0.3) is 5.22 Å². The number of methoxy groups -OCH3 is 2. The van der Waals surface area contributed by atoms with Gasteiger partial charge in [-0.1, -0.05) is 0 Å². The summed E-state index contributed by atoms with van der Waals surface area (Å²) in [5.74, 6) is 0.814. The van der Waals surface area contributed by atoms with Crippen LogP contribution in [0.4, 0.5) is 5.69 Å². The fraction of sp³-hybridized carbons (Fsp3) is 0.154. The number of benzene rings is 1. The van der Waals surface area contributed by atoms with Gasteiger partial charge in [-0.05, 0) is 18.2 Å². The number of ether oxygens (including phenoxy) is 2. The molecule has 0 aliphatic rings. The minimum Gasteiger partial charge on any atom is -0.481 e. The lowest BCUT2D eigenvalue weighted by Gasteiger charge is -2.04. The summed E-state index contributed by atoms with van der Waals surface area (Å²) >= 11 is 1.18. The summed E-state index contributed by atoms with van der Waals surface area (Å²) in [5.41, 5.74) is 7.69. The van der Waals surface area contributed by atoms with Crippen LogP contribution in [0.1, 0.15) is 0 Å². The van der Waals surface area contributed by atoms with Gasteiger partial charge >= 0.3 is 0 Å². The van der Waals surface area contributed by atoms with Crippen LogP contribution >= 0.6 is 11.8 Å². The van der Waals surface area contributed by atoms with Gasteiger partial charge in [0.15, 0.2) is 5.58 Å². The molecule has 1 aromatic carbocycles. The number of hydrogen-bond donors (Lipinski definition) is 1. The molecule has 0 saturated heterocycles. The average Bonchev–Trinajstić information content (AvgIpc) is 2.87. The molecule has 0 fully saturated rings. The summed E-state index contributed by atoms with van der Waals surface area (Å²) in [6.07, 6.45) is 0. The van der Waals surface area contributed by atoms with Crippen LogP contribution in [-0.2, 0) is 0 Å². The predicted octanol–water partition coefficient (Wildman–Crippen LogP) is 2.37. The highest BCUT2D eigenvalue weighted by Gasteiger charge is 2.12. The number of aromatic nitrogens is 3. The fourth-order valence-electron chi connectivity index (χ4n) is 1.68. The van der Waals surface area contributed by atoms with Crippen LogP contribution in [0.15, 0.2) is 39.1 Å². The Hall–Kier alpha value is -2.48. The molecule has 3 aromatic rings. The first-order valence-electron chi connectivity index (χ1n) is 5.99. The van der Waals surface area contributed by atoms with Crippen LogP contribution in [0.2, 0.25) is 0 Å². The molecule has 0 amide bonds. The monoisotopic (exact) mass is 304 g/mol. The Labute approximate surface area is 124 Å². The van der Waals surface area contributed by atoms with Gasteiger partial charge in [0.05, 0.1) is 20.3 Å². The van der Waals surface area contributed by atoms with Gasteiger partial charge in [-0.3, -0.25) is 0 Å². The Morgan fingerprint density at radius 2 is 1.76 bits per heavy atom. The van der Waals surface area contributed by atoms with Gasteiger partial charge in [0.1, 0.15) is 5.52 Å². The highest BCUT2D eigenvalue weighted by atomic mass is 32.2. The van der Waals surface area contributed by atoms with E-state index >= 15 is 0 Å². The highest BCUT2D eigenvalue weighted by molar-refractivity contribution is 7.98. The molecule has 2 N–H and O–H groups in total. The molecule has 0 radical (unpaired) electrons. The Balaban J connectivity index is 1.94. The van der Waals surface area contributed by atoms with Crippen LogP contribution in [0, 0.1) is 0 Å². The molecular formula is C13H12N4O3S. The van der Waals surface area contributed by atoms with Gasteiger partial charge in [0.2, 0.25) is 16.9 Å². The van der Waals surface area contributed by atoms with E-state index in [0.29, 0.717) is 38.9 Å². The second kappa shape index (κ2) is 5.49. The number of fused-ring (bicyclic) bond motifs is 1. The van der Waals surface area contributed by atoms with E-state index in [1.54, 1.807) is 24.3 Å². The summed E-state index contributed by atoms with van der Waals surface area (Å²) in [6, 6.07) is 6.87. The molecular weight excluding hydrogens is 292 g/mol. The molecule has 0 aliphatic heterocycles. The minimum absolute atomic E-state index is 0.407. The third kappa shape index (κ3) is 2.84. The van der Waals surface area contributed by atoms with Gasteiger partial charge in [-0.25, -0.2) is 4.98 Å². The maximum atomic E-state index is 5.72. The molecule has 3 rings (SSSR count). The molecule has 0 saturated carbocycles. The van der Waals surface area contributed by atoms with E-state index in [-0.39, 0.29) is 0 Å². The standard InChI is InChI=1S/C13H12N4O3S/c1-18-10-6-11(19-2)17-12(16-10)21-13-15-8-5-7(14)3-4-9(8)20-13/h3-6H,14H2,1-2H3. The molecule has 21 heavy (non-hydrogen) atoms. The van der Waals surface area contributed by atoms with Crippen molar-refractivity contribution in [3.8, 4) is 11.8 Å². The van der Waals surface area contributed by atoms with Gasteiger partial charge in [-0.15, -0.1) is 0 Å². The molecule has 0 atom stereocenters. The molecule has 0 bridgehead atoms. The van der Waals surface area contributed by atoms with Crippen molar-refractivity contribution in [3.05, 3.63) is 24.3 Å². The zero-order chi connectivity index (χ0) is 14.8. The van der Waals surface area contributed by atoms with Crippen LogP contribution < -0.4 is 15.2 Å². The third-order valence-corrected chi connectivity index (χ3v) is 3.36. The zero-order valence-electron chi connectivity index (χ0n) is 11.4. The number of nitrogen functional groups attached to an aromatic ring is 1. The van der Waals surface area contributed by atoms with Crippen LogP contribution in [0.25, 0.3) is 11.1 Å². The Kier molecular flexibility index (Phi) is 3.53.